The van der Waals surface area contributed by atoms with Gasteiger partial charge < -0.3 is 9.32 Å². The van der Waals surface area contributed by atoms with Crippen LogP contribution in [0.2, 0.25) is 0 Å². The molecule has 1 aromatic carbocycles. The number of amides is 1. The Bertz CT molecular complexity index is 921. The molecule has 122 valence electrons. The van der Waals surface area contributed by atoms with E-state index in [4.69, 9.17) is 4.42 Å². The third-order valence-corrected chi connectivity index (χ3v) is 3.97. The van der Waals surface area contributed by atoms with E-state index in [-0.39, 0.29) is 17.5 Å². The minimum atomic E-state index is -0.628. The second-order valence-electron chi connectivity index (χ2n) is 5.65. The van der Waals surface area contributed by atoms with Gasteiger partial charge in [0.25, 0.3) is 5.91 Å². The maximum atomic E-state index is 12.7. The van der Waals surface area contributed by atoms with Crippen LogP contribution in [0.25, 0.3) is 11.0 Å². The SMILES string of the molecule is CC(Cc1cnccn1)N(C)C(=O)c1cc2ccccc2oc1=O. The minimum Gasteiger partial charge on any atom is -0.422 e. The van der Waals surface area contributed by atoms with E-state index in [2.05, 4.69) is 9.97 Å². The van der Waals surface area contributed by atoms with E-state index < -0.39 is 5.63 Å². The van der Waals surface area contributed by atoms with Gasteiger partial charge in [0.15, 0.2) is 0 Å². The second-order valence-corrected chi connectivity index (χ2v) is 5.65. The van der Waals surface area contributed by atoms with E-state index in [0.717, 1.165) is 11.1 Å². The summed E-state index contributed by atoms with van der Waals surface area (Å²) in [5.74, 6) is -0.370. The summed E-state index contributed by atoms with van der Waals surface area (Å²) in [5, 5.41) is 0.718. The molecule has 3 rings (SSSR count). The quantitative estimate of drug-likeness (QED) is 0.689. The monoisotopic (exact) mass is 323 g/mol. The highest BCUT2D eigenvalue weighted by atomic mass is 16.4. The van der Waals surface area contributed by atoms with Crippen molar-refractivity contribution in [3.05, 3.63) is 70.6 Å². The molecule has 6 nitrogen and oxygen atoms in total. The first kappa shape index (κ1) is 15.9. The molecule has 0 aliphatic rings. The molecule has 0 saturated carbocycles. The lowest BCUT2D eigenvalue weighted by Gasteiger charge is -2.24. The standard InChI is InChI=1S/C18H17N3O3/c1-12(9-14-11-19-7-8-20-14)21(2)17(22)15-10-13-5-3-4-6-16(13)24-18(15)23/h3-8,10-12H,9H2,1-2H3. The predicted molar refractivity (Wildman–Crippen MR) is 89.8 cm³/mol. The third-order valence-electron chi connectivity index (χ3n) is 3.97. The molecular formula is C18H17N3O3. The van der Waals surface area contributed by atoms with Gasteiger partial charge in [0.1, 0.15) is 11.1 Å². The van der Waals surface area contributed by atoms with Crippen molar-refractivity contribution < 1.29 is 9.21 Å². The van der Waals surface area contributed by atoms with Crippen LogP contribution in [0, 0.1) is 0 Å². The summed E-state index contributed by atoms with van der Waals surface area (Å²) < 4.78 is 5.24. The number of hydrogen-bond acceptors (Lipinski definition) is 5. The average molecular weight is 323 g/mol. The van der Waals surface area contributed by atoms with Gasteiger partial charge in [-0.1, -0.05) is 18.2 Å². The summed E-state index contributed by atoms with van der Waals surface area (Å²) in [6.07, 6.45) is 5.43. The van der Waals surface area contributed by atoms with Crippen molar-refractivity contribution in [2.24, 2.45) is 0 Å². The molecule has 0 spiro atoms. The Morgan fingerprint density at radius 1 is 1.29 bits per heavy atom. The van der Waals surface area contributed by atoms with E-state index >= 15 is 0 Å². The van der Waals surface area contributed by atoms with Crippen LogP contribution in [-0.2, 0) is 6.42 Å². The Morgan fingerprint density at radius 2 is 2.08 bits per heavy atom. The number of nitrogens with zero attached hydrogens (tertiary/aromatic N) is 3. The maximum Gasteiger partial charge on any atom is 0.349 e. The lowest BCUT2D eigenvalue weighted by atomic mass is 10.1. The number of para-hydroxylation sites is 1. The fraction of sp³-hybridized carbons (Fsp3) is 0.222. The molecule has 0 fully saturated rings. The van der Waals surface area contributed by atoms with Crippen LogP contribution < -0.4 is 5.63 Å². The van der Waals surface area contributed by atoms with Gasteiger partial charge in [-0.25, -0.2) is 4.79 Å². The Labute approximate surface area is 138 Å². The fourth-order valence-corrected chi connectivity index (χ4v) is 2.48. The Morgan fingerprint density at radius 3 is 2.83 bits per heavy atom. The molecule has 0 radical (unpaired) electrons. The van der Waals surface area contributed by atoms with Gasteiger partial charge in [-0.2, -0.15) is 0 Å². The minimum absolute atomic E-state index is 0.0298. The summed E-state index contributed by atoms with van der Waals surface area (Å²) in [5.41, 5.74) is 0.656. The molecule has 3 aromatic rings. The first-order valence-corrected chi connectivity index (χ1v) is 7.61. The number of likely N-dealkylation sites (N-methyl/N-ethyl adjacent to an activating group) is 1. The third kappa shape index (κ3) is 3.17. The molecule has 0 N–H and O–H groups in total. The van der Waals surface area contributed by atoms with Crippen LogP contribution in [-0.4, -0.2) is 33.9 Å². The number of benzene rings is 1. The van der Waals surface area contributed by atoms with Crippen molar-refractivity contribution in [1.82, 2.24) is 14.9 Å². The second kappa shape index (κ2) is 6.62. The lowest BCUT2D eigenvalue weighted by molar-refractivity contribution is 0.0738. The van der Waals surface area contributed by atoms with Gasteiger partial charge in [0.05, 0.1) is 5.69 Å². The molecule has 1 unspecified atom stereocenters. The van der Waals surface area contributed by atoms with E-state index in [1.807, 2.05) is 13.0 Å². The summed E-state index contributed by atoms with van der Waals surface area (Å²) in [7, 11) is 1.66. The van der Waals surface area contributed by atoms with Gasteiger partial charge in [-0.15, -0.1) is 0 Å². The van der Waals surface area contributed by atoms with Crippen molar-refractivity contribution in [3.8, 4) is 0 Å². The fourth-order valence-electron chi connectivity index (χ4n) is 2.48. The van der Waals surface area contributed by atoms with Crippen LogP contribution in [0.4, 0.5) is 0 Å². The predicted octanol–water partition coefficient (Wildman–Crippen LogP) is 2.29. The molecule has 6 heteroatoms. The van der Waals surface area contributed by atoms with Crippen LogP contribution >= 0.6 is 0 Å². The number of rotatable bonds is 4. The number of fused-ring (bicyclic) bond motifs is 1. The van der Waals surface area contributed by atoms with E-state index in [9.17, 15) is 9.59 Å². The van der Waals surface area contributed by atoms with Gasteiger partial charge in [-0.3, -0.25) is 14.8 Å². The summed E-state index contributed by atoms with van der Waals surface area (Å²) in [4.78, 5) is 34.5. The molecule has 1 atom stereocenters. The molecule has 0 bridgehead atoms. The molecule has 0 saturated heterocycles. The van der Waals surface area contributed by atoms with Gasteiger partial charge >= 0.3 is 5.63 Å². The first-order valence-electron chi connectivity index (χ1n) is 7.61. The summed E-state index contributed by atoms with van der Waals surface area (Å²) in [6.45, 7) is 1.90. The van der Waals surface area contributed by atoms with Gasteiger partial charge in [0, 0.05) is 43.5 Å². The van der Waals surface area contributed by atoms with Crippen molar-refractivity contribution >= 4 is 16.9 Å². The van der Waals surface area contributed by atoms with Crippen molar-refractivity contribution in [2.75, 3.05) is 7.05 Å². The normalized spacial score (nSPS) is 12.1. The molecule has 0 aliphatic heterocycles. The number of aromatic nitrogens is 2. The van der Waals surface area contributed by atoms with Crippen molar-refractivity contribution in [1.29, 1.82) is 0 Å². The Hall–Kier alpha value is -3.02. The molecule has 2 aromatic heterocycles. The highest BCUT2D eigenvalue weighted by Gasteiger charge is 2.22. The average Bonchev–Trinajstić information content (AvgIpc) is 2.60. The van der Waals surface area contributed by atoms with Crippen molar-refractivity contribution in [3.63, 3.8) is 0 Å². The van der Waals surface area contributed by atoms with Crippen LogP contribution in [0.5, 0.6) is 0 Å². The van der Waals surface area contributed by atoms with Crippen LogP contribution in [0.15, 0.2) is 58.1 Å². The van der Waals surface area contributed by atoms with E-state index in [1.165, 1.54) is 4.90 Å². The topological polar surface area (TPSA) is 76.3 Å². The zero-order chi connectivity index (χ0) is 17.1. The van der Waals surface area contributed by atoms with E-state index in [1.54, 1.807) is 49.9 Å². The van der Waals surface area contributed by atoms with E-state index in [0.29, 0.717) is 12.0 Å². The maximum absolute atomic E-state index is 12.7. The van der Waals surface area contributed by atoms with Gasteiger partial charge in [-0.05, 0) is 19.1 Å². The highest BCUT2D eigenvalue weighted by Crippen LogP contribution is 2.14. The molecule has 0 aliphatic carbocycles. The smallest absolute Gasteiger partial charge is 0.349 e. The molecule has 2 heterocycles. The summed E-state index contributed by atoms with van der Waals surface area (Å²) >= 11 is 0. The lowest BCUT2D eigenvalue weighted by Crippen LogP contribution is -2.38. The number of carbonyl (C=O) groups is 1. The van der Waals surface area contributed by atoms with Gasteiger partial charge in [0.2, 0.25) is 0 Å². The molecule has 24 heavy (non-hydrogen) atoms. The number of carbonyl (C=O) groups excluding carboxylic acids is 1. The van der Waals surface area contributed by atoms with Crippen LogP contribution in [0.1, 0.15) is 23.0 Å². The largest absolute Gasteiger partial charge is 0.422 e. The zero-order valence-corrected chi connectivity index (χ0v) is 13.5. The van der Waals surface area contributed by atoms with Crippen LogP contribution in [0.3, 0.4) is 0 Å². The number of hydrogen-bond donors (Lipinski definition) is 0. The Balaban J connectivity index is 1.85. The highest BCUT2D eigenvalue weighted by molar-refractivity contribution is 5.96. The Kier molecular flexibility index (Phi) is 4.37. The molecule has 1 amide bonds. The first-order chi connectivity index (χ1) is 11.6. The summed E-state index contributed by atoms with van der Waals surface area (Å²) in [6, 6.07) is 8.55. The zero-order valence-electron chi connectivity index (χ0n) is 13.5. The molecular weight excluding hydrogens is 306 g/mol. The van der Waals surface area contributed by atoms with Crippen molar-refractivity contribution in [2.45, 2.75) is 19.4 Å².